The number of aromatic carboxylic acids is 1. The van der Waals surface area contributed by atoms with Gasteiger partial charge >= 0.3 is 196 Å². The molecule has 166 valence electrons. The van der Waals surface area contributed by atoms with E-state index in [0.29, 0.717) is 6.61 Å². The number of nitrogens with zero attached hydrogens (tertiary/aromatic N) is 1. The van der Waals surface area contributed by atoms with Crippen molar-refractivity contribution >= 4 is 30.0 Å². The van der Waals surface area contributed by atoms with Crippen molar-refractivity contribution < 1.29 is 14.6 Å². The van der Waals surface area contributed by atoms with Crippen LogP contribution in [0.25, 0.3) is 0 Å². The van der Waals surface area contributed by atoms with Crippen molar-refractivity contribution in [3.8, 4) is 5.75 Å². The molecule has 4 rings (SSSR count). The third-order valence-electron chi connectivity index (χ3n) is 6.30. The van der Waals surface area contributed by atoms with Gasteiger partial charge in [0.15, 0.2) is 0 Å². The minimum atomic E-state index is -0.953. The Balaban J connectivity index is 1.73. The Morgan fingerprint density at radius 3 is 2.41 bits per heavy atom. The topological polar surface area (TPSA) is 59.4 Å². The molecule has 0 atom stereocenters. The standard InChI is InChI=1S/C27H29NO3Se/c1-26(2)12-13-27(3,4)24-21(26)14-20(32-23-11-10-19(16-28-23)25(29)30)15-22(24)31-17-18-8-6-5-7-9-18/h5-11,14-16H,12-13,17H2,1-4H3,(H,29,30). The molecule has 1 aliphatic carbocycles. The van der Waals surface area contributed by atoms with Crippen LogP contribution in [0.15, 0.2) is 60.8 Å². The van der Waals surface area contributed by atoms with Crippen molar-refractivity contribution in [3.63, 3.8) is 0 Å². The van der Waals surface area contributed by atoms with E-state index >= 15 is 0 Å². The summed E-state index contributed by atoms with van der Waals surface area (Å²) in [5.74, 6) is 0.00840. The molecule has 1 aliphatic rings. The van der Waals surface area contributed by atoms with Gasteiger partial charge < -0.3 is 0 Å². The number of fused-ring (bicyclic) bond motifs is 1. The van der Waals surface area contributed by atoms with Crippen molar-refractivity contribution in [2.75, 3.05) is 0 Å². The summed E-state index contributed by atoms with van der Waals surface area (Å²) in [6.45, 7) is 9.80. The predicted molar refractivity (Wildman–Crippen MR) is 129 cm³/mol. The summed E-state index contributed by atoms with van der Waals surface area (Å²) in [7, 11) is 0. The fourth-order valence-corrected chi connectivity index (χ4v) is 6.04. The van der Waals surface area contributed by atoms with Gasteiger partial charge in [-0.3, -0.25) is 0 Å². The molecule has 0 aliphatic heterocycles. The molecule has 3 aromatic rings. The van der Waals surface area contributed by atoms with Crippen LogP contribution in [0.1, 0.15) is 67.6 Å². The molecule has 1 N–H and O–H groups in total. The monoisotopic (exact) mass is 495 g/mol. The summed E-state index contributed by atoms with van der Waals surface area (Å²) in [4.78, 5) is 15.5. The Kier molecular flexibility index (Phi) is 6.15. The van der Waals surface area contributed by atoms with E-state index in [1.54, 1.807) is 6.07 Å². The zero-order valence-electron chi connectivity index (χ0n) is 19.0. The van der Waals surface area contributed by atoms with E-state index in [1.807, 2.05) is 24.3 Å². The first-order chi connectivity index (χ1) is 15.2. The van der Waals surface area contributed by atoms with Crippen LogP contribution in [-0.2, 0) is 17.4 Å². The Morgan fingerprint density at radius 1 is 1.03 bits per heavy atom. The van der Waals surface area contributed by atoms with Gasteiger partial charge in [-0.2, -0.15) is 0 Å². The van der Waals surface area contributed by atoms with Crippen LogP contribution in [-0.4, -0.2) is 31.0 Å². The molecule has 0 fully saturated rings. The number of benzene rings is 2. The minimum absolute atomic E-state index is 0.0454. The Morgan fingerprint density at radius 2 is 1.75 bits per heavy atom. The number of hydrogen-bond donors (Lipinski definition) is 1. The molecule has 0 amide bonds. The summed E-state index contributed by atoms with van der Waals surface area (Å²) in [5.41, 5.74) is 4.16. The summed E-state index contributed by atoms with van der Waals surface area (Å²) < 4.78 is 8.56. The molecule has 32 heavy (non-hydrogen) atoms. The maximum atomic E-state index is 11.1. The number of pyridine rings is 1. The van der Waals surface area contributed by atoms with Gasteiger partial charge in [-0.15, -0.1) is 0 Å². The predicted octanol–water partition coefficient (Wildman–Crippen LogP) is 4.36. The van der Waals surface area contributed by atoms with Crippen LogP contribution in [0, 0.1) is 0 Å². The average Bonchev–Trinajstić information content (AvgIpc) is 2.76. The number of carboxylic acids is 1. The SMILES string of the molecule is CC1(C)CCC(C)(C)c2c(OCc3ccccc3)cc([Se]c3ccc(C(=O)O)cn3)cc21. The van der Waals surface area contributed by atoms with Crippen molar-refractivity contribution in [3.05, 3.63) is 83.0 Å². The number of ether oxygens (including phenoxy) is 1. The third-order valence-corrected chi connectivity index (χ3v) is 8.23. The average molecular weight is 494 g/mol. The van der Waals surface area contributed by atoms with Crippen LogP contribution >= 0.6 is 0 Å². The van der Waals surface area contributed by atoms with E-state index < -0.39 is 5.97 Å². The Labute approximate surface area is 196 Å². The van der Waals surface area contributed by atoms with Gasteiger partial charge in [0, 0.05) is 0 Å². The third kappa shape index (κ3) is 4.74. The number of carboxylic acid groups (broad SMARTS) is 1. The zero-order chi connectivity index (χ0) is 22.9. The molecular weight excluding hydrogens is 465 g/mol. The molecule has 2 aromatic carbocycles. The fraction of sp³-hybridized carbons (Fsp3) is 0.333. The first-order valence-corrected chi connectivity index (χ1v) is 12.6. The second-order valence-corrected chi connectivity index (χ2v) is 12.0. The molecule has 5 heteroatoms. The van der Waals surface area contributed by atoms with Gasteiger partial charge in [0.1, 0.15) is 0 Å². The molecule has 0 bridgehead atoms. The molecule has 4 nitrogen and oxygen atoms in total. The quantitative estimate of drug-likeness (QED) is 0.518. The van der Waals surface area contributed by atoms with Crippen LogP contribution in [0.3, 0.4) is 0 Å². The number of carbonyl (C=O) groups is 1. The van der Waals surface area contributed by atoms with E-state index in [4.69, 9.17) is 9.84 Å². The normalized spacial score (nSPS) is 16.2. The molecule has 1 aromatic heterocycles. The summed E-state index contributed by atoms with van der Waals surface area (Å²) in [5, 5.41) is 9.14. The molecular formula is C27H29NO3Se. The van der Waals surface area contributed by atoms with Crippen LogP contribution in [0.5, 0.6) is 5.75 Å². The second-order valence-electron chi connectivity index (χ2n) is 9.68. The van der Waals surface area contributed by atoms with E-state index in [2.05, 4.69) is 56.9 Å². The number of aromatic nitrogens is 1. The Hall–Kier alpha value is -2.62. The summed E-state index contributed by atoms with van der Waals surface area (Å²) >= 11 is -0.0470. The van der Waals surface area contributed by atoms with Crippen molar-refractivity contribution in [2.45, 2.75) is 58.0 Å². The molecule has 0 radical (unpaired) electrons. The summed E-state index contributed by atoms with van der Waals surface area (Å²) in [6, 6.07) is 18.2. The molecule has 0 saturated carbocycles. The maximum absolute atomic E-state index is 11.1. The number of hydrogen-bond acceptors (Lipinski definition) is 3. The molecule has 0 unspecified atom stereocenters. The Bertz CT molecular complexity index is 1120. The van der Waals surface area contributed by atoms with Crippen LogP contribution < -0.4 is 13.8 Å². The van der Waals surface area contributed by atoms with Gasteiger partial charge in [0.25, 0.3) is 0 Å². The molecule has 0 spiro atoms. The van der Waals surface area contributed by atoms with Gasteiger partial charge in [-0.05, 0) is 0 Å². The van der Waals surface area contributed by atoms with Gasteiger partial charge in [0.05, 0.1) is 0 Å². The van der Waals surface area contributed by atoms with Crippen LogP contribution in [0.2, 0.25) is 0 Å². The summed E-state index contributed by atoms with van der Waals surface area (Å²) in [6.07, 6.45) is 3.70. The fourth-order valence-electron chi connectivity index (χ4n) is 4.30. The number of rotatable bonds is 6. The van der Waals surface area contributed by atoms with Gasteiger partial charge in [0.2, 0.25) is 0 Å². The zero-order valence-corrected chi connectivity index (χ0v) is 20.7. The molecule has 0 saturated heterocycles. The van der Waals surface area contributed by atoms with Crippen molar-refractivity contribution in [2.24, 2.45) is 0 Å². The van der Waals surface area contributed by atoms with E-state index in [9.17, 15) is 4.79 Å². The molecule has 1 heterocycles. The van der Waals surface area contributed by atoms with Crippen molar-refractivity contribution in [1.82, 2.24) is 4.98 Å². The van der Waals surface area contributed by atoms with Crippen LogP contribution in [0.4, 0.5) is 0 Å². The van der Waals surface area contributed by atoms with E-state index in [0.717, 1.165) is 28.7 Å². The first kappa shape index (κ1) is 22.6. The van der Waals surface area contributed by atoms with E-state index in [-0.39, 0.29) is 31.4 Å². The first-order valence-electron chi connectivity index (χ1n) is 10.9. The van der Waals surface area contributed by atoms with Gasteiger partial charge in [-0.25, -0.2) is 0 Å². The van der Waals surface area contributed by atoms with E-state index in [1.165, 1.54) is 21.8 Å². The van der Waals surface area contributed by atoms with Gasteiger partial charge in [-0.1, -0.05) is 0 Å². The second kappa shape index (κ2) is 8.72. The van der Waals surface area contributed by atoms with Crippen molar-refractivity contribution in [1.29, 1.82) is 0 Å².